The largest absolute Gasteiger partial charge is 0.480 e. The minimum atomic E-state index is -1.48. The number of esters is 1. The molecule has 2 unspecified atom stereocenters. The zero-order chi connectivity index (χ0) is 18.3. The van der Waals surface area contributed by atoms with Crippen LogP contribution in [0.1, 0.15) is 87.0 Å². The summed E-state index contributed by atoms with van der Waals surface area (Å²) in [6.07, 6.45) is 4.73. The monoisotopic (exact) mass is 328 g/mol. The minimum Gasteiger partial charge on any atom is -0.480 e. The minimum absolute atomic E-state index is 0.243. The van der Waals surface area contributed by atoms with Crippen molar-refractivity contribution in [1.82, 2.24) is 0 Å². The third kappa shape index (κ3) is 6.15. The number of rotatable bonds is 10. The number of ether oxygens (including phenoxy) is 1. The summed E-state index contributed by atoms with van der Waals surface area (Å²) in [5.74, 6) is -0.988. The number of carbonyl (C=O) groups excluding carboxylic acids is 1. The van der Waals surface area contributed by atoms with E-state index in [2.05, 4.69) is 13.8 Å². The Morgan fingerprint density at radius 2 is 1.57 bits per heavy atom. The Balaban J connectivity index is 4.88. The first-order valence-electron chi connectivity index (χ1n) is 8.93. The summed E-state index contributed by atoms with van der Waals surface area (Å²) >= 11 is 0. The molecule has 0 aliphatic heterocycles. The van der Waals surface area contributed by atoms with Gasteiger partial charge in [0.2, 0.25) is 0 Å². The molecule has 0 saturated carbocycles. The van der Waals surface area contributed by atoms with Gasteiger partial charge in [0.1, 0.15) is 0 Å². The molecule has 0 radical (unpaired) electrons. The fraction of sp³-hybridized carbons (Fsp3) is 0.895. The Hall–Kier alpha value is -1.06. The standard InChI is InChI=1S/C19H36O4/c1-8-13-19(16(20)21,18(5,6)7)17(22)23-15(4)12-10-9-11-14(2)3/h14-15H,8-13H2,1-7H3,(H,20,21). The predicted molar refractivity (Wildman–Crippen MR) is 93.3 cm³/mol. The Morgan fingerprint density at radius 3 is 1.96 bits per heavy atom. The van der Waals surface area contributed by atoms with E-state index in [0.717, 1.165) is 25.7 Å². The van der Waals surface area contributed by atoms with Crippen LogP contribution < -0.4 is 0 Å². The van der Waals surface area contributed by atoms with Gasteiger partial charge in [-0.1, -0.05) is 60.8 Å². The molecule has 0 fully saturated rings. The van der Waals surface area contributed by atoms with Crippen molar-refractivity contribution in [2.45, 2.75) is 93.1 Å². The lowest BCUT2D eigenvalue weighted by atomic mass is 9.64. The van der Waals surface area contributed by atoms with Crippen molar-refractivity contribution in [2.24, 2.45) is 16.7 Å². The molecule has 0 saturated heterocycles. The molecular formula is C19H36O4. The van der Waals surface area contributed by atoms with Gasteiger partial charge in [0.15, 0.2) is 5.41 Å². The quantitative estimate of drug-likeness (QED) is 0.346. The van der Waals surface area contributed by atoms with Gasteiger partial charge in [0.25, 0.3) is 0 Å². The van der Waals surface area contributed by atoms with E-state index in [-0.39, 0.29) is 6.10 Å². The van der Waals surface area contributed by atoms with Crippen molar-refractivity contribution in [3.05, 3.63) is 0 Å². The van der Waals surface area contributed by atoms with Crippen molar-refractivity contribution in [3.8, 4) is 0 Å². The van der Waals surface area contributed by atoms with Crippen molar-refractivity contribution < 1.29 is 19.4 Å². The molecule has 2 atom stereocenters. The first kappa shape index (κ1) is 21.9. The lowest BCUT2D eigenvalue weighted by Crippen LogP contribution is -2.51. The van der Waals surface area contributed by atoms with Gasteiger partial charge in [-0.3, -0.25) is 9.59 Å². The molecule has 136 valence electrons. The lowest BCUT2D eigenvalue weighted by molar-refractivity contribution is -0.182. The summed E-state index contributed by atoms with van der Waals surface area (Å²) in [6, 6.07) is 0. The molecule has 0 aromatic heterocycles. The lowest BCUT2D eigenvalue weighted by Gasteiger charge is -2.39. The fourth-order valence-electron chi connectivity index (χ4n) is 3.00. The van der Waals surface area contributed by atoms with Gasteiger partial charge >= 0.3 is 11.9 Å². The molecule has 0 amide bonds. The van der Waals surface area contributed by atoms with E-state index < -0.39 is 22.8 Å². The molecule has 0 aromatic carbocycles. The van der Waals surface area contributed by atoms with E-state index in [9.17, 15) is 14.7 Å². The molecule has 0 aromatic rings. The molecule has 4 nitrogen and oxygen atoms in total. The second-order valence-corrected chi connectivity index (χ2v) is 8.10. The fourth-order valence-corrected chi connectivity index (χ4v) is 3.00. The second-order valence-electron chi connectivity index (χ2n) is 8.10. The van der Waals surface area contributed by atoms with Crippen molar-refractivity contribution in [3.63, 3.8) is 0 Å². The summed E-state index contributed by atoms with van der Waals surface area (Å²) < 4.78 is 5.54. The Bertz CT molecular complexity index is 381. The summed E-state index contributed by atoms with van der Waals surface area (Å²) in [5.41, 5.74) is -2.17. The van der Waals surface area contributed by atoms with Crippen LogP contribution in [-0.4, -0.2) is 23.1 Å². The normalized spacial score (nSPS) is 16.0. The van der Waals surface area contributed by atoms with E-state index in [1.165, 1.54) is 0 Å². The summed E-state index contributed by atoms with van der Waals surface area (Å²) in [7, 11) is 0. The Morgan fingerprint density at radius 1 is 1.04 bits per heavy atom. The van der Waals surface area contributed by atoms with E-state index in [1.807, 2.05) is 13.8 Å². The molecule has 4 heteroatoms. The molecule has 0 spiro atoms. The number of hydrogen-bond donors (Lipinski definition) is 1. The van der Waals surface area contributed by atoms with Gasteiger partial charge in [-0.25, -0.2) is 0 Å². The summed E-state index contributed by atoms with van der Waals surface area (Å²) in [4.78, 5) is 24.6. The van der Waals surface area contributed by atoms with Gasteiger partial charge in [0, 0.05) is 0 Å². The third-order valence-corrected chi connectivity index (χ3v) is 4.57. The van der Waals surface area contributed by atoms with Crippen LogP contribution in [0.25, 0.3) is 0 Å². The van der Waals surface area contributed by atoms with E-state index >= 15 is 0 Å². The van der Waals surface area contributed by atoms with E-state index in [4.69, 9.17) is 4.74 Å². The van der Waals surface area contributed by atoms with Crippen LogP contribution in [0.4, 0.5) is 0 Å². The SMILES string of the molecule is CCCC(C(=O)O)(C(=O)OC(C)CCCCC(C)C)C(C)(C)C. The van der Waals surface area contributed by atoms with Crippen LogP contribution in [0.5, 0.6) is 0 Å². The zero-order valence-corrected chi connectivity index (χ0v) is 16.1. The highest BCUT2D eigenvalue weighted by Gasteiger charge is 2.56. The molecular weight excluding hydrogens is 292 g/mol. The van der Waals surface area contributed by atoms with Crippen LogP contribution in [0.3, 0.4) is 0 Å². The molecule has 1 N–H and O–H groups in total. The van der Waals surface area contributed by atoms with Crippen LogP contribution >= 0.6 is 0 Å². The van der Waals surface area contributed by atoms with Crippen LogP contribution in [0.2, 0.25) is 0 Å². The van der Waals surface area contributed by atoms with E-state index in [0.29, 0.717) is 18.8 Å². The molecule has 0 aliphatic rings. The second kappa shape index (κ2) is 9.29. The highest BCUT2D eigenvalue weighted by Crippen LogP contribution is 2.44. The molecule has 0 aliphatic carbocycles. The number of carbonyl (C=O) groups is 2. The Kier molecular flexibility index (Phi) is 8.86. The first-order valence-corrected chi connectivity index (χ1v) is 8.93. The maximum atomic E-state index is 12.7. The number of carboxylic acids is 1. The van der Waals surface area contributed by atoms with Crippen molar-refractivity contribution in [2.75, 3.05) is 0 Å². The topological polar surface area (TPSA) is 63.6 Å². The third-order valence-electron chi connectivity index (χ3n) is 4.57. The van der Waals surface area contributed by atoms with Gasteiger partial charge < -0.3 is 9.84 Å². The highest BCUT2D eigenvalue weighted by atomic mass is 16.5. The van der Waals surface area contributed by atoms with Crippen LogP contribution in [0, 0.1) is 16.7 Å². The Labute approximate surface area is 142 Å². The summed E-state index contributed by atoms with van der Waals surface area (Å²) in [6.45, 7) is 13.5. The van der Waals surface area contributed by atoms with Gasteiger partial charge in [-0.15, -0.1) is 0 Å². The smallest absolute Gasteiger partial charge is 0.324 e. The number of hydrogen-bond acceptors (Lipinski definition) is 3. The van der Waals surface area contributed by atoms with Crippen LogP contribution in [-0.2, 0) is 14.3 Å². The average Bonchev–Trinajstić information content (AvgIpc) is 2.38. The number of aliphatic carboxylic acids is 1. The maximum Gasteiger partial charge on any atom is 0.324 e. The summed E-state index contributed by atoms with van der Waals surface area (Å²) in [5, 5.41) is 9.75. The van der Waals surface area contributed by atoms with Gasteiger partial charge in [-0.05, 0) is 37.5 Å². The zero-order valence-electron chi connectivity index (χ0n) is 16.1. The van der Waals surface area contributed by atoms with Crippen molar-refractivity contribution in [1.29, 1.82) is 0 Å². The van der Waals surface area contributed by atoms with E-state index in [1.54, 1.807) is 20.8 Å². The van der Waals surface area contributed by atoms with Crippen molar-refractivity contribution >= 4 is 11.9 Å². The van der Waals surface area contributed by atoms with Crippen LogP contribution in [0.15, 0.2) is 0 Å². The predicted octanol–water partition coefficient (Wildman–Crippen LogP) is 5.05. The maximum absolute atomic E-state index is 12.7. The highest BCUT2D eigenvalue weighted by molar-refractivity contribution is 6.00. The van der Waals surface area contributed by atoms with Gasteiger partial charge in [-0.2, -0.15) is 0 Å². The molecule has 0 bridgehead atoms. The van der Waals surface area contributed by atoms with Gasteiger partial charge in [0.05, 0.1) is 6.10 Å². The average molecular weight is 328 g/mol. The first-order chi connectivity index (χ1) is 10.5. The molecule has 23 heavy (non-hydrogen) atoms. The molecule has 0 rings (SSSR count). The molecule has 0 heterocycles. The number of unbranched alkanes of at least 4 members (excludes halogenated alkanes) is 1. The number of carboxylic acid groups (broad SMARTS) is 1.